The van der Waals surface area contributed by atoms with Gasteiger partial charge in [0.25, 0.3) is 5.69 Å². The molecule has 1 aromatic heterocycles. The summed E-state index contributed by atoms with van der Waals surface area (Å²) in [6.45, 7) is 1.78. The van der Waals surface area contributed by atoms with Crippen LogP contribution in [0, 0.1) is 22.9 Å². The minimum Gasteiger partial charge on any atom is -0.439 e. The fourth-order valence-electron chi connectivity index (χ4n) is 1.52. The Labute approximate surface area is 102 Å². The van der Waals surface area contributed by atoms with Gasteiger partial charge in [0.15, 0.2) is 0 Å². The van der Waals surface area contributed by atoms with Crippen LogP contribution in [0.15, 0.2) is 24.3 Å². The first-order valence-electron chi connectivity index (χ1n) is 5.09. The maximum Gasteiger partial charge on any atom is 0.276 e. The van der Waals surface area contributed by atoms with Crippen LogP contribution in [0.3, 0.4) is 0 Å². The van der Waals surface area contributed by atoms with Gasteiger partial charge < -0.3 is 4.74 Å². The molecule has 0 aliphatic carbocycles. The fraction of sp³-hybridized carbons (Fsp3) is 0.182. The first kappa shape index (κ1) is 12.0. The lowest BCUT2D eigenvalue weighted by molar-refractivity contribution is -0.385. The molecule has 0 saturated heterocycles. The van der Waals surface area contributed by atoms with E-state index in [1.54, 1.807) is 20.0 Å². The number of aryl methyl sites for hydroxylation is 2. The fourth-order valence-corrected chi connectivity index (χ4v) is 1.52. The Balaban J connectivity index is 2.34. The van der Waals surface area contributed by atoms with Crippen molar-refractivity contribution in [1.82, 2.24) is 9.78 Å². The predicted octanol–water partition coefficient (Wildman–Crippen LogP) is 2.57. The Kier molecular flexibility index (Phi) is 2.97. The summed E-state index contributed by atoms with van der Waals surface area (Å²) in [5, 5.41) is 14.6. The number of rotatable bonds is 3. The number of nitro benzene ring substituents is 1. The molecule has 0 spiro atoms. The molecule has 0 radical (unpaired) electrons. The molecule has 0 fully saturated rings. The summed E-state index contributed by atoms with van der Waals surface area (Å²) >= 11 is 0. The highest BCUT2D eigenvalue weighted by molar-refractivity contribution is 5.40. The van der Waals surface area contributed by atoms with Gasteiger partial charge in [0.05, 0.1) is 22.7 Å². The van der Waals surface area contributed by atoms with Crippen LogP contribution in [0.4, 0.5) is 10.1 Å². The van der Waals surface area contributed by atoms with E-state index in [4.69, 9.17) is 4.74 Å². The molecule has 2 rings (SSSR count). The molecule has 0 atom stereocenters. The van der Waals surface area contributed by atoms with E-state index in [1.165, 1.54) is 4.68 Å². The van der Waals surface area contributed by atoms with E-state index >= 15 is 0 Å². The number of non-ortho nitro benzene ring substituents is 1. The van der Waals surface area contributed by atoms with Crippen LogP contribution in [-0.4, -0.2) is 14.7 Å². The van der Waals surface area contributed by atoms with Gasteiger partial charge in [0.2, 0.25) is 5.88 Å². The van der Waals surface area contributed by atoms with Gasteiger partial charge in [-0.05, 0) is 6.92 Å². The van der Waals surface area contributed by atoms with Crippen LogP contribution < -0.4 is 4.74 Å². The molecule has 0 aliphatic rings. The number of benzene rings is 1. The molecule has 7 heteroatoms. The summed E-state index contributed by atoms with van der Waals surface area (Å²) in [6.07, 6.45) is 0. The van der Waals surface area contributed by atoms with E-state index in [0.29, 0.717) is 5.88 Å². The largest absolute Gasteiger partial charge is 0.439 e. The molecule has 0 bridgehead atoms. The summed E-state index contributed by atoms with van der Waals surface area (Å²) in [6, 6.07) is 4.72. The van der Waals surface area contributed by atoms with Gasteiger partial charge in [-0.3, -0.25) is 10.1 Å². The number of nitro groups is 1. The highest BCUT2D eigenvalue weighted by Gasteiger charge is 2.12. The monoisotopic (exact) mass is 251 g/mol. The zero-order chi connectivity index (χ0) is 13.3. The topological polar surface area (TPSA) is 70.2 Å². The van der Waals surface area contributed by atoms with E-state index in [2.05, 4.69) is 5.10 Å². The van der Waals surface area contributed by atoms with E-state index in [9.17, 15) is 14.5 Å². The smallest absolute Gasteiger partial charge is 0.276 e. The van der Waals surface area contributed by atoms with E-state index in [1.807, 2.05) is 0 Å². The molecule has 6 nitrogen and oxygen atoms in total. The van der Waals surface area contributed by atoms with Crippen molar-refractivity contribution in [3.8, 4) is 11.6 Å². The molecule has 0 amide bonds. The van der Waals surface area contributed by atoms with Gasteiger partial charge in [-0.2, -0.15) is 5.10 Å². The van der Waals surface area contributed by atoms with E-state index in [-0.39, 0.29) is 11.4 Å². The molecule has 18 heavy (non-hydrogen) atoms. The lowest BCUT2D eigenvalue weighted by Crippen LogP contribution is -1.96. The average Bonchev–Trinajstić information content (AvgIpc) is 2.56. The Morgan fingerprint density at radius 3 is 2.67 bits per heavy atom. The molecule has 1 aromatic carbocycles. The Hall–Kier alpha value is -2.44. The maximum atomic E-state index is 13.2. The molecule has 0 N–H and O–H groups in total. The van der Waals surface area contributed by atoms with Crippen LogP contribution in [0.1, 0.15) is 5.69 Å². The van der Waals surface area contributed by atoms with Crippen LogP contribution in [0.25, 0.3) is 0 Å². The SMILES string of the molecule is Cc1cc(Oc2cc(F)cc([N+](=O)[O-])c2)n(C)n1. The Bertz CT molecular complexity index is 610. The highest BCUT2D eigenvalue weighted by Crippen LogP contribution is 2.26. The quantitative estimate of drug-likeness (QED) is 0.621. The third-order valence-corrected chi connectivity index (χ3v) is 2.25. The van der Waals surface area contributed by atoms with Gasteiger partial charge in [0.1, 0.15) is 11.6 Å². The summed E-state index contributed by atoms with van der Waals surface area (Å²) in [5.41, 5.74) is 0.377. The van der Waals surface area contributed by atoms with Crippen molar-refractivity contribution in [2.24, 2.45) is 7.05 Å². The van der Waals surface area contributed by atoms with Gasteiger partial charge in [0, 0.05) is 19.2 Å². The lowest BCUT2D eigenvalue weighted by atomic mass is 10.3. The van der Waals surface area contributed by atoms with Crippen molar-refractivity contribution in [1.29, 1.82) is 0 Å². The number of hydrogen-bond acceptors (Lipinski definition) is 4. The third-order valence-electron chi connectivity index (χ3n) is 2.25. The third kappa shape index (κ3) is 2.45. The second-order valence-corrected chi connectivity index (χ2v) is 3.75. The standard InChI is InChI=1S/C11H10FN3O3/c1-7-3-11(14(2)13-7)18-10-5-8(12)4-9(6-10)15(16)17/h3-6H,1-2H3. The molecule has 0 aliphatic heterocycles. The maximum absolute atomic E-state index is 13.2. The second kappa shape index (κ2) is 4.44. The van der Waals surface area contributed by atoms with Crippen LogP contribution in [-0.2, 0) is 7.05 Å². The lowest BCUT2D eigenvalue weighted by Gasteiger charge is -2.05. The Morgan fingerprint density at radius 1 is 1.39 bits per heavy atom. The molecule has 2 aromatic rings. The highest BCUT2D eigenvalue weighted by atomic mass is 19.1. The van der Waals surface area contributed by atoms with Crippen molar-refractivity contribution in [3.05, 3.63) is 45.9 Å². The average molecular weight is 251 g/mol. The van der Waals surface area contributed by atoms with Crippen LogP contribution in [0.2, 0.25) is 0 Å². The number of nitrogens with zero attached hydrogens (tertiary/aromatic N) is 3. The second-order valence-electron chi connectivity index (χ2n) is 3.75. The van der Waals surface area contributed by atoms with Crippen molar-refractivity contribution in [3.63, 3.8) is 0 Å². The molecule has 1 heterocycles. The van der Waals surface area contributed by atoms with Crippen molar-refractivity contribution in [2.45, 2.75) is 6.92 Å². The summed E-state index contributed by atoms with van der Waals surface area (Å²) in [5.74, 6) is -0.282. The molecule has 94 valence electrons. The minimum atomic E-state index is -0.724. The first-order valence-corrected chi connectivity index (χ1v) is 5.09. The molecule has 0 unspecified atom stereocenters. The van der Waals surface area contributed by atoms with Gasteiger partial charge in [-0.15, -0.1) is 0 Å². The molecular weight excluding hydrogens is 241 g/mol. The predicted molar refractivity (Wildman–Crippen MR) is 61.1 cm³/mol. The van der Waals surface area contributed by atoms with Crippen molar-refractivity contribution >= 4 is 5.69 Å². The van der Waals surface area contributed by atoms with Crippen LogP contribution in [0.5, 0.6) is 11.6 Å². The summed E-state index contributed by atoms with van der Waals surface area (Å²) in [7, 11) is 1.66. The zero-order valence-electron chi connectivity index (χ0n) is 9.75. The van der Waals surface area contributed by atoms with Gasteiger partial charge >= 0.3 is 0 Å². The van der Waals surface area contributed by atoms with Crippen molar-refractivity contribution < 1.29 is 14.1 Å². The van der Waals surface area contributed by atoms with E-state index in [0.717, 1.165) is 23.9 Å². The first-order chi connectivity index (χ1) is 8.45. The van der Waals surface area contributed by atoms with Gasteiger partial charge in [-0.1, -0.05) is 0 Å². The normalized spacial score (nSPS) is 10.4. The number of aromatic nitrogens is 2. The number of hydrogen-bond donors (Lipinski definition) is 0. The summed E-state index contributed by atoms with van der Waals surface area (Å²) < 4.78 is 20.0. The zero-order valence-corrected chi connectivity index (χ0v) is 9.75. The number of ether oxygens (including phenoxy) is 1. The van der Waals surface area contributed by atoms with Crippen LogP contribution >= 0.6 is 0 Å². The summed E-state index contributed by atoms with van der Waals surface area (Å²) in [4.78, 5) is 9.92. The van der Waals surface area contributed by atoms with Crippen molar-refractivity contribution in [2.75, 3.05) is 0 Å². The molecule has 0 saturated carbocycles. The Morgan fingerprint density at radius 2 is 2.11 bits per heavy atom. The molecular formula is C11H10FN3O3. The van der Waals surface area contributed by atoms with E-state index < -0.39 is 10.7 Å². The van der Waals surface area contributed by atoms with Gasteiger partial charge in [-0.25, -0.2) is 9.07 Å². The minimum absolute atomic E-state index is 0.0599. The number of halogens is 1.